The van der Waals surface area contributed by atoms with Gasteiger partial charge in [-0.15, -0.1) is 11.8 Å². The summed E-state index contributed by atoms with van der Waals surface area (Å²) in [5.41, 5.74) is -1.52. The van der Waals surface area contributed by atoms with Crippen LogP contribution >= 0.6 is 11.8 Å². The van der Waals surface area contributed by atoms with E-state index in [9.17, 15) is 14.3 Å². The van der Waals surface area contributed by atoms with Crippen molar-refractivity contribution in [3.05, 3.63) is 29.8 Å². The number of benzene rings is 1. The smallest absolute Gasteiger partial charge is 0.341 e. The van der Waals surface area contributed by atoms with E-state index in [1.54, 1.807) is 24.3 Å². The second kappa shape index (κ2) is 4.07. The molecule has 86 valence electrons. The van der Waals surface area contributed by atoms with Crippen molar-refractivity contribution in [3.8, 4) is 0 Å². The number of carboxylic acids is 1. The number of rotatable bonds is 2. The van der Waals surface area contributed by atoms with Crippen LogP contribution in [0.2, 0.25) is 0 Å². The summed E-state index contributed by atoms with van der Waals surface area (Å²) in [4.78, 5) is 11.4. The number of alkyl halides is 1. The van der Waals surface area contributed by atoms with Crippen LogP contribution in [0.25, 0.3) is 0 Å². The zero-order valence-corrected chi connectivity index (χ0v) is 9.21. The molecule has 1 aliphatic heterocycles. The van der Waals surface area contributed by atoms with E-state index in [1.165, 1.54) is 11.8 Å². The average Bonchev–Trinajstić information content (AvgIpc) is 2.28. The maximum Gasteiger partial charge on any atom is 0.341 e. The largest absolute Gasteiger partial charge is 0.479 e. The Morgan fingerprint density at radius 1 is 1.50 bits per heavy atom. The maximum atomic E-state index is 13.6. The van der Waals surface area contributed by atoms with Crippen molar-refractivity contribution < 1.29 is 19.4 Å². The van der Waals surface area contributed by atoms with Gasteiger partial charge in [0, 0.05) is 16.2 Å². The van der Waals surface area contributed by atoms with Crippen LogP contribution in [0.4, 0.5) is 4.39 Å². The molecular formula is C11H11FO3S. The molecule has 0 saturated heterocycles. The molecule has 1 heterocycles. The lowest BCUT2D eigenvalue weighted by Crippen LogP contribution is -2.44. The molecule has 0 saturated carbocycles. The fourth-order valence-electron chi connectivity index (χ4n) is 1.87. The summed E-state index contributed by atoms with van der Waals surface area (Å²) in [6.45, 7) is 0. The first kappa shape index (κ1) is 11.4. The van der Waals surface area contributed by atoms with Crippen molar-refractivity contribution in [2.24, 2.45) is 0 Å². The van der Waals surface area contributed by atoms with Gasteiger partial charge in [0.1, 0.15) is 5.60 Å². The standard InChI is InChI=1S/C11H11FO3S/c12-9(10(13)14)11(15)5-6-16-8-4-2-1-3-7(8)11/h1-4,9,15H,5-6H2,(H,13,14). The van der Waals surface area contributed by atoms with Crippen molar-refractivity contribution in [3.63, 3.8) is 0 Å². The van der Waals surface area contributed by atoms with Crippen molar-refractivity contribution >= 4 is 17.7 Å². The van der Waals surface area contributed by atoms with Gasteiger partial charge in [0.25, 0.3) is 0 Å². The summed E-state index contributed by atoms with van der Waals surface area (Å²) < 4.78 is 13.6. The fraction of sp³-hybridized carbons (Fsp3) is 0.364. The molecule has 2 N–H and O–H groups in total. The molecule has 2 rings (SSSR count). The molecule has 0 radical (unpaired) electrons. The lowest BCUT2D eigenvalue weighted by Gasteiger charge is -2.34. The van der Waals surface area contributed by atoms with E-state index in [0.717, 1.165) is 4.90 Å². The third-order valence-electron chi connectivity index (χ3n) is 2.73. The first-order chi connectivity index (χ1) is 7.55. The second-order valence-corrected chi connectivity index (χ2v) is 4.86. The number of carboxylic acid groups (broad SMARTS) is 1. The minimum absolute atomic E-state index is 0.113. The molecule has 0 fully saturated rings. The highest BCUT2D eigenvalue weighted by molar-refractivity contribution is 7.99. The van der Waals surface area contributed by atoms with Gasteiger partial charge in [-0.25, -0.2) is 9.18 Å². The number of hydrogen-bond acceptors (Lipinski definition) is 3. The molecule has 16 heavy (non-hydrogen) atoms. The van der Waals surface area contributed by atoms with Crippen LogP contribution in [0.3, 0.4) is 0 Å². The highest BCUT2D eigenvalue weighted by Gasteiger charge is 2.46. The van der Waals surface area contributed by atoms with Crippen LogP contribution in [0.1, 0.15) is 12.0 Å². The molecule has 3 nitrogen and oxygen atoms in total. The Morgan fingerprint density at radius 3 is 2.88 bits per heavy atom. The number of aliphatic carboxylic acids is 1. The van der Waals surface area contributed by atoms with Gasteiger partial charge in [0.2, 0.25) is 6.17 Å². The topological polar surface area (TPSA) is 57.5 Å². The van der Waals surface area contributed by atoms with E-state index < -0.39 is 17.7 Å². The van der Waals surface area contributed by atoms with Crippen LogP contribution in [0, 0.1) is 0 Å². The predicted molar refractivity (Wildman–Crippen MR) is 58.2 cm³/mol. The third-order valence-corrected chi connectivity index (χ3v) is 3.81. The molecule has 0 spiro atoms. The molecule has 1 aromatic carbocycles. The van der Waals surface area contributed by atoms with Crippen molar-refractivity contribution in [1.29, 1.82) is 0 Å². The van der Waals surface area contributed by atoms with Crippen molar-refractivity contribution in [2.75, 3.05) is 5.75 Å². The Balaban J connectivity index is 2.48. The fourth-order valence-corrected chi connectivity index (χ4v) is 3.08. The lowest BCUT2D eigenvalue weighted by molar-refractivity contribution is -0.156. The molecule has 0 bridgehead atoms. The summed E-state index contributed by atoms with van der Waals surface area (Å²) in [5, 5.41) is 18.9. The van der Waals surface area contributed by atoms with E-state index in [4.69, 9.17) is 5.11 Å². The molecule has 2 unspecified atom stereocenters. The van der Waals surface area contributed by atoms with Gasteiger partial charge in [0.15, 0.2) is 0 Å². The molecule has 0 aromatic heterocycles. The molecule has 1 aliphatic rings. The van der Waals surface area contributed by atoms with Gasteiger partial charge >= 0.3 is 5.97 Å². The molecule has 1 aromatic rings. The highest BCUT2D eigenvalue weighted by atomic mass is 32.2. The van der Waals surface area contributed by atoms with E-state index in [1.807, 2.05) is 0 Å². The van der Waals surface area contributed by atoms with Gasteiger partial charge in [-0.2, -0.15) is 0 Å². The first-order valence-corrected chi connectivity index (χ1v) is 5.86. The zero-order valence-electron chi connectivity index (χ0n) is 8.39. The molecular weight excluding hydrogens is 231 g/mol. The number of fused-ring (bicyclic) bond motifs is 1. The minimum Gasteiger partial charge on any atom is -0.479 e. The first-order valence-electron chi connectivity index (χ1n) is 4.87. The Morgan fingerprint density at radius 2 is 2.19 bits per heavy atom. The number of hydrogen-bond donors (Lipinski definition) is 2. The van der Waals surface area contributed by atoms with Crippen LogP contribution in [-0.2, 0) is 10.4 Å². The van der Waals surface area contributed by atoms with Gasteiger partial charge < -0.3 is 10.2 Å². The summed E-state index contributed by atoms with van der Waals surface area (Å²) in [6.07, 6.45) is -2.17. The minimum atomic E-state index is -2.28. The quantitative estimate of drug-likeness (QED) is 0.830. The summed E-state index contributed by atoms with van der Waals surface area (Å²) >= 11 is 1.50. The zero-order chi connectivity index (χ0) is 11.8. The summed E-state index contributed by atoms with van der Waals surface area (Å²) in [7, 11) is 0. The van der Waals surface area contributed by atoms with Gasteiger partial charge in [-0.1, -0.05) is 18.2 Å². The van der Waals surface area contributed by atoms with Crippen molar-refractivity contribution in [2.45, 2.75) is 23.1 Å². The van der Waals surface area contributed by atoms with E-state index in [2.05, 4.69) is 0 Å². The monoisotopic (exact) mass is 242 g/mol. The second-order valence-electron chi connectivity index (χ2n) is 3.72. The number of halogens is 1. The van der Waals surface area contributed by atoms with Crippen LogP contribution in [-0.4, -0.2) is 28.1 Å². The summed E-state index contributed by atoms with van der Waals surface area (Å²) in [5.74, 6) is -1.11. The van der Waals surface area contributed by atoms with Gasteiger partial charge in [-0.3, -0.25) is 0 Å². The van der Waals surface area contributed by atoms with E-state index in [-0.39, 0.29) is 6.42 Å². The van der Waals surface area contributed by atoms with Crippen LogP contribution in [0.5, 0.6) is 0 Å². The number of carbonyl (C=O) groups is 1. The van der Waals surface area contributed by atoms with Crippen LogP contribution < -0.4 is 0 Å². The third kappa shape index (κ3) is 1.70. The Kier molecular flexibility index (Phi) is 2.90. The van der Waals surface area contributed by atoms with E-state index in [0.29, 0.717) is 11.3 Å². The summed E-state index contributed by atoms with van der Waals surface area (Å²) in [6, 6.07) is 6.80. The Labute approximate surface area is 96.3 Å². The Hall–Kier alpha value is -1.07. The lowest BCUT2D eigenvalue weighted by atomic mass is 9.86. The molecule has 5 heteroatoms. The molecule has 2 atom stereocenters. The number of aliphatic hydroxyl groups is 1. The normalized spacial score (nSPS) is 25.9. The van der Waals surface area contributed by atoms with E-state index >= 15 is 0 Å². The molecule has 0 amide bonds. The SMILES string of the molecule is O=C(O)C(F)C1(O)CCSc2ccccc21. The number of thioether (sulfide) groups is 1. The Bertz CT molecular complexity index is 423. The molecule has 0 aliphatic carbocycles. The van der Waals surface area contributed by atoms with Gasteiger partial charge in [0.05, 0.1) is 0 Å². The average molecular weight is 242 g/mol. The van der Waals surface area contributed by atoms with Crippen LogP contribution in [0.15, 0.2) is 29.2 Å². The predicted octanol–water partition coefficient (Wildman–Crippen LogP) is 1.79. The highest BCUT2D eigenvalue weighted by Crippen LogP contribution is 2.43. The van der Waals surface area contributed by atoms with Gasteiger partial charge in [-0.05, 0) is 12.5 Å². The van der Waals surface area contributed by atoms with Crippen molar-refractivity contribution in [1.82, 2.24) is 0 Å². The maximum absolute atomic E-state index is 13.6.